The summed E-state index contributed by atoms with van der Waals surface area (Å²) in [5.74, 6) is -0.172. The lowest BCUT2D eigenvalue weighted by atomic mass is 10.1. The molecule has 0 aromatic carbocycles. The van der Waals surface area contributed by atoms with Gasteiger partial charge in [-0.1, -0.05) is 64.7 Å². The summed E-state index contributed by atoms with van der Waals surface area (Å²) in [6.07, 6.45) is 13.2. The maximum absolute atomic E-state index is 11.8. The van der Waals surface area contributed by atoms with Gasteiger partial charge in [-0.3, -0.25) is 4.79 Å². The lowest BCUT2D eigenvalue weighted by molar-refractivity contribution is -0.878. The maximum Gasteiger partial charge on any atom is 0.246 e. The van der Waals surface area contributed by atoms with Crippen LogP contribution in [0.5, 0.6) is 0 Å². The first-order valence-electron chi connectivity index (χ1n) is 10.2. The van der Waals surface area contributed by atoms with E-state index in [0.29, 0.717) is 13.1 Å². The Balaban J connectivity index is 2.04. The van der Waals surface area contributed by atoms with Gasteiger partial charge >= 0.3 is 0 Å². The summed E-state index contributed by atoms with van der Waals surface area (Å²) >= 11 is 0. The van der Waals surface area contributed by atoms with Crippen LogP contribution in [0.2, 0.25) is 0 Å². The summed E-state index contributed by atoms with van der Waals surface area (Å²) in [4.78, 5) is 13.7. The standard InChI is InChI=1S/C19H38N2O4S/c1-4-5-6-7-8-9-10-11-12-14-18-19(22)20(18)15-13-16-21(2,3)17-26(23,24)25/h18H,4-17H2,1-3H3. The third-order valence-electron chi connectivity index (χ3n) is 5.13. The molecule has 1 atom stereocenters. The second kappa shape index (κ2) is 11.2. The Morgan fingerprint density at radius 2 is 1.50 bits per heavy atom. The average Bonchev–Trinajstić information content (AvgIpc) is 3.11. The normalized spacial score (nSPS) is 17.8. The van der Waals surface area contributed by atoms with Crippen molar-refractivity contribution in [3.63, 3.8) is 0 Å². The molecular formula is C19H38N2O4S. The molecule has 0 aromatic rings. The van der Waals surface area contributed by atoms with E-state index in [1.807, 2.05) is 4.90 Å². The zero-order chi connectivity index (χ0) is 19.6. The van der Waals surface area contributed by atoms with Crippen molar-refractivity contribution in [3.8, 4) is 0 Å². The van der Waals surface area contributed by atoms with Crippen LogP contribution < -0.4 is 0 Å². The first kappa shape index (κ1) is 23.4. The Morgan fingerprint density at radius 3 is 2.04 bits per heavy atom. The topological polar surface area (TPSA) is 77.3 Å². The Morgan fingerprint density at radius 1 is 0.962 bits per heavy atom. The molecule has 1 rings (SSSR count). The van der Waals surface area contributed by atoms with Crippen LogP contribution in [0.4, 0.5) is 0 Å². The van der Waals surface area contributed by atoms with Gasteiger partial charge in [0.05, 0.1) is 20.6 Å². The first-order valence-corrected chi connectivity index (χ1v) is 11.8. The van der Waals surface area contributed by atoms with Crippen LogP contribution in [0.15, 0.2) is 0 Å². The number of amides is 1. The Hall–Kier alpha value is -0.660. The molecule has 154 valence electrons. The van der Waals surface area contributed by atoms with Crippen LogP contribution in [0.3, 0.4) is 0 Å². The Labute approximate surface area is 160 Å². The van der Waals surface area contributed by atoms with Gasteiger partial charge in [-0.15, -0.1) is 0 Å². The summed E-state index contributed by atoms with van der Waals surface area (Å²) in [6, 6.07) is 0.0819. The number of quaternary nitrogens is 1. The van der Waals surface area contributed by atoms with Crippen LogP contribution in [0, 0.1) is 0 Å². The predicted octanol–water partition coefficient (Wildman–Crippen LogP) is 3.09. The molecule has 0 bridgehead atoms. The first-order chi connectivity index (χ1) is 12.2. The van der Waals surface area contributed by atoms with Crippen molar-refractivity contribution in [1.29, 1.82) is 0 Å². The highest BCUT2D eigenvalue weighted by molar-refractivity contribution is 7.85. The fourth-order valence-corrected chi connectivity index (χ4v) is 4.60. The molecular weight excluding hydrogens is 352 g/mol. The van der Waals surface area contributed by atoms with Crippen molar-refractivity contribution >= 4 is 16.0 Å². The highest BCUT2D eigenvalue weighted by atomic mass is 32.2. The van der Waals surface area contributed by atoms with Gasteiger partial charge in [-0.25, -0.2) is 8.42 Å². The number of nitrogens with zero attached hydrogens (tertiary/aromatic N) is 2. The number of rotatable bonds is 16. The SMILES string of the molecule is CCCCCCCCCCCC1C(=O)N1CCC[N+](C)(C)CS(=O)(=O)[O-]. The molecule has 1 saturated heterocycles. The van der Waals surface area contributed by atoms with Gasteiger partial charge in [0, 0.05) is 13.0 Å². The summed E-state index contributed by atoms with van der Waals surface area (Å²) < 4.78 is 32.8. The monoisotopic (exact) mass is 390 g/mol. The zero-order valence-corrected chi connectivity index (χ0v) is 17.7. The van der Waals surface area contributed by atoms with Gasteiger partial charge in [0.25, 0.3) is 0 Å². The number of carbonyl (C=O) groups excluding carboxylic acids is 1. The van der Waals surface area contributed by atoms with Gasteiger partial charge in [-0.05, 0) is 6.42 Å². The van der Waals surface area contributed by atoms with Crippen LogP contribution >= 0.6 is 0 Å². The minimum Gasteiger partial charge on any atom is -0.744 e. The molecule has 0 aliphatic carbocycles. The van der Waals surface area contributed by atoms with E-state index in [2.05, 4.69) is 6.92 Å². The van der Waals surface area contributed by atoms with Crippen LogP contribution in [-0.4, -0.2) is 67.4 Å². The van der Waals surface area contributed by atoms with E-state index in [1.165, 1.54) is 51.4 Å². The second-order valence-corrected chi connectivity index (χ2v) is 9.74. The third-order valence-corrected chi connectivity index (χ3v) is 6.14. The highest BCUT2D eigenvalue weighted by Crippen LogP contribution is 2.26. The zero-order valence-electron chi connectivity index (χ0n) is 16.9. The van der Waals surface area contributed by atoms with E-state index in [4.69, 9.17) is 0 Å². The lowest BCUT2D eigenvalue weighted by Crippen LogP contribution is -2.44. The molecule has 1 heterocycles. The fraction of sp³-hybridized carbons (Fsp3) is 0.947. The largest absolute Gasteiger partial charge is 0.744 e. The molecule has 1 fully saturated rings. The number of hydrogen-bond acceptors (Lipinski definition) is 4. The van der Waals surface area contributed by atoms with Gasteiger partial charge in [0.1, 0.15) is 16.2 Å². The molecule has 1 amide bonds. The summed E-state index contributed by atoms with van der Waals surface area (Å²) in [5.41, 5.74) is 0. The lowest BCUT2D eigenvalue weighted by Gasteiger charge is -2.30. The molecule has 0 aromatic heterocycles. The van der Waals surface area contributed by atoms with Gasteiger partial charge < -0.3 is 13.9 Å². The van der Waals surface area contributed by atoms with Crippen LogP contribution in [0.25, 0.3) is 0 Å². The van der Waals surface area contributed by atoms with E-state index >= 15 is 0 Å². The minimum atomic E-state index is -4.22. The highest BCUT2D eigenvalue weighted by Gasteiger charge is 2.44. The average molecular weight is 391 g/mol. The van der Waals surface area contributed by atoms with Gasteiger partial charge in [-0.2, -0.15) is 0 Å². The molecule has 1 unspecified atom stereocenters. The molecule has 0 spiro atoms. The molecule has 1 aliphatic heterocycles. The quantitative estimate of drug-likeness (QED) is 0.176. The summed E-state index contributed by atoms with van der Waals surface area (Å²) in [7, 11) is -0.753. The Kier molecular flexibility index (Phi) is 10.1. The second-order valence-electron chi connectivity index (χ2n) is 8.36. The number of hydrogen-bond donors (Lipinski definition) is 0. The molecule has 7 heteroatoms. The molecule has 6 nitrogen and oxygen atoms in total. The predicted molar refractivity (Wildman–Crippen MR) is 104 cm³/mol. The minimum absolute atomic E-state index is 0.0819. The van der Waals surface area contributed by atoms with Crippen molar-refractivity contribution < 1.29 is 22.2 Å². The Bertz CT molecular complexity index is 520. The maximum atomic E-state index is 11.8. The number of carbonyl (C=O) groups is 1. The molecule has 26 heavy (non-hydrogen) atoms. The van der Waals surface area contributed by atoms with Gasteiger partial charge in [0.2, 0.25) is 5.91 Å². The van der Waals surface area contributed by atoms with Crippen molar-refractivity contribution in [2.45, 2.75) is 83.6 Å². The molecule has 0 radical (unpaired) electrons. The molecule has 1 aliphatic rings. The van der Waals surface area contributed by atoms with E-state index in [9.17, 15) is 17.8 Å². The van der Waals surface area contributed by atoms with E-state index in [-0.39, 0.29) is 16.4 Å². The summed E-state index contributed by atoms with van der Waals surface area (Å²) in [5, 5.41) is 0. The number of unbranched alkanes of at least 4 members (excludes halogenated alkanes) is 8. The van der Waals surface area contributed by atoms with Crippen molar-refractivity contribution in [3.05, 3.63) is 0 Å². The molecule has 0 saturated carbocycles. The third kappa shape index (κ3) is 10.5. The van der Waals surface area contributed by atoms with E-state index < -0.39 is 16.0 Å². The van der Waals surface area contributed by atoms with Crippen molar-refractivity contribution in [1.82, 2.24) is 4.90 Å². The van der Waals surface area contributed by atoms with Crippen LogP contribution in [0.1, 0.15) is 77.6 Å². The van der Waals surface area contributed by atoms with E-state index in [0.717, 1.165) is 19.3 Å². The fourth-order valence-electron chi connectivity index (χ4n) is 3.61. The summed E-state index contributed by atoms with van der Waals surface area (Å²) in [6.45, 7) is 3.48. The smallest absolute Gasteiger partial charge is 0.246 e. The van der Waals surface area contributed by atoms with E-state index in [1.54, 1.807) is 14.1 Å². The van der Waals surface area contributed by atoms with Crippen molar-refractivity contribution in [2.75, 3.05) is 33.1 Å². The molecule has 0 N–H and O–H groups in total. The van der Waals surface area contributed by atoms with Gasteiger partial charge in [0.15, 0.2) is 5.88 Å². The van der Waals surface area contributed by atoms with Crippen molar-refractivity contribution in [2.24, 2.45) is 0 Å². The van der Waals surface area contributed by atoms with Crippen LogP contribution in [-0.2, 0) is 14.9 Å².